The van der Waals surface area contributed by atoms with Crippen LogP contribution in [-0.2, 0) is 4.79 Å². The third kappa shape index (κ3) is 6.24. The van der Waals surface area contributed by atoms with Crippen molar-refractivity contribution in [2.45, 2.75) is 36.6 Å². The van der Waals surface area contributed by atoms with Crippen LogP contribution in [0.1, 0.15) is 37.4 Å². The number of carbonyl (C=O) groups is 1. The molecule has 2 atom stereocenters. The fourth-order valence-corrected chi connectivity index (χ4v) is 5.41. The topological polar surface area (TPSA) is 84.2 Å². The van der Waals surface area contributed by atoms with Crippen LogP contribution in [0.2, 0.25) is 0 Å². The number of carbonyl (C=O) groups excluding carboxylic acids is 1. The van der Waals surface area contributed by atoms with Gasteiger partial charge in [-0.25, -0.2) is 4.98 Å². The molecule has 7 heteroatoms. The number of hydrogen-bond donors (Lipinski definition) is 1. The van der Waals surface area contributed by atoms with Crippen LogP contribution in [0.25, 0.3) is 22.4 Å². The van der Waals surface area contributed by atoms with E-state index in [0.29, 0.717) is 45.3 Å². The SMILES string of the molecule is CC[C@H](Sc1nc(-c2ccccc2)cc(-c2cccc(OC)c2OC)c1C#N)C(=O)N[C@@H](C)c1ccccc1. The zero-order valence-corrected chi connectivity index (χ0v) is 23.3. The summed E-state index contributed by atoms with van der Waals surface area (Å²) in [6.45, 7) is 3.93. The van der Waals surface area contributed by atoms with E-state index < -0.39 is 5.25 Å². The number of para-hydroxylation sites is 1. The summed E-state index contributed by atoms with van der Waals surface area (Å²) in [7, 11) is 3.16. The Labute approximate surface area is 234 Å². The van der Waals surface area contributed by atoms with Crippen molar-refractivity contribution in [3.63, 3.8) is 0 Å². The maximum absolute atomic E-state index is 13.4. The number of pyridine rings is 1. The minimum absolute atomic E-state index is 0.102. The van der Waals surface area contributed by atoms with E-state index in [9.17, 15) is 10.1 Å². The van der Waals surface area contributed by atoms with Gasteiger partial charge in [0.05, 0.1) is 36.8 Å². The van der Waals surface area contributed by atoms with E-state index in [1.54, 1.807) is 14.2 Å². The lowest BCUT2D eigenvalue weighted by Crippen LogP contribution is -2.34. The minimum atomic E-state index is -0.443. The summed E-state index contributed by atoms with van der Waals surface area (Å²) >= 11 is 1.31. The Hall–Kier alpha value is -4.28. The Balaban J connectivity index is 1.79. The molecule has 0 aliphatic heterocycles. The fourth-order valence-electron chi connectivity index (χ4n) is 4.37. The predicted octanol–water partition coefficient (Wildman–Crippen LogP) is 7.05. The molecule has 0 spiro atoms. The summed E-state index contributed by atoms with van der Waals surface area (Å²) < 4.78 is 11.2. The lowest BCUT2D eigenvalue weighted by atomic mass is 9.98. The lowest BCUT2D eigenvalue weighted by molar-refractivity contribution is -0.121. The molecule has 1 aromatic heterocycles. The number of hydrogen-bond acceptors (Lipinski definition) is 6. The summed E-state index contributed by atoms with van der Waals surface area (Å²) in [5, 5.41) is 13.5. The molecule has 0 aliphatic carbocycles. The molecule has 39 heavy (non-hydrogen) atoms. The summed E-state index contributed by atoms with van der Waals surface area (Å²) in [4.78, 5) is 18.3. The highest BCUT2D eigenvalue weighted by molar-refractivity contribution is 8.00. The Bertz CT molecular complexity index is 1470. The molecule has 0 saturated heterocycles. The van der Waals surface area contributed by atoms with E-state index in [2.05, 4.69) is 11.4 Å². The number of rotatable bonds is 10. The number of methoxy groups -OCH3 is 2. The van der Waals surface area contributed by atoms with Gasteiger partial charge < -0.3 is 14.8 Å². The molecule has 0 bridgehead atoms. The third-order valence-corrected chi connectivity index (χ3v) is 7.79. The smallest absolute Gasteiger partial charge is 0.234 e. The zero-order valence-electron chi connectivity index (χ0n) is 22.5. The van der Waals surface area contributed by atoms with Crippen molar-refractivity contribution >= 4 is 17.7 Å². The average Bonchev–Trinajstić information content (AvgIpc) is 2.99. The molecule has 3 aromatic carbocycles. The van der Waals surface area contributed by atoms with E-state index >= 15 is 0 Å². The molecule has 4 aromatic rings. The van der Waals surface area contributed by atoms with Gasteiger partial charge in [0.25, 0.3) is 0 Å². The Kier molecular flexibility index (Phi) is 9.24. The molecule has 0 unspecified atom stereocenters. The van der Waals surface area contributed by atoms with Crippen molar-refractivity contribution in [3.8, 4) is 40.0 Å². The Morgan fingerprint density at radius 3 is 2.28 bits per heavy atom. The monoisotopic (exact) mass is 537 g/mol. The van der Waals surface area contributed by atoms with Gasteiger partial charge in [-0.15, -0.1) is 0 Å². The van der Waals surface area contributed by atoms with Gasteiger partial charge in [-0.3, -0.25) is 4.79 Å². The molecule has 0 aliphatic rings. The van der Waals surface area contributed by atoms with Crippen LogP contribution in [0.15, 0.2) is 90.0 Å². The molecule has 4 rings (SSSR count). The fraction of sp³-hybridized carbons (Fsp3) is 0.219. The normalized spacial score (nSPS) is 12.2. The standard InChI is InChI=1S/C32H31N3O3S/c1-5-29(31(36)34-21(2)22-13-8-6-9-14-22)39-32-26(20-33)25(19-27(35-32)23-15-10-7-11-16-23)24-17-12-18-28(37-3)30(24)38-4/h6-19,21,29H,5H2,1-4H3,(H,34,36)/t21-,29-/m0/s1. The van der Waals surface area contributed by atoms with Crippen LogP contribution in [-0.4, -0.2) is 30.4 Å². The Morgan fingerprint density at radius 1 is 0.974 bits per heavy atom. The van der Waals surface area contributed by atoms with Crippen molar-refractivity contribution in [2.75, 3.05) is 14.2 Å². The van der Waals surface area contributed by atoms with Crippen molar-refractivity contribution < 1.29 is 14.3 Å². The molecule has 1 amide bonds. The van der Waals surface area contributed by atoms with Crippen molar-refractivity contribution in [1.82, 2.24) is 10.3 Å². The number of nitriles is 1. The van der Waals surface area contributed by atoms with Gasteiger partial charge in [-0.1, -0.05) is 91.5 Å². The van der Waals surface area contributed by atoms with Gasteiger partial charge in [0, 0.05) is 16.7 Å². The maximum Gasteiger partial charge on any atom is 0.234 e. The van der Waals surface area contributed by atoms with Gasteiger partial charge in [-0.2, -0.15) is 5.26 Å². The van der Waals surface area contributed by atoms with Crippen LogP contribution >= 0.6 is 11.8 Å². The Morgan fingerprint density at radius 2 is 1.67 bits per heavy atom. The van der Waals surface area contributed by atoms with Crippen LogP contribution in [0.4, 0.5) is 0 Å². The first-order chi connectivity index (χ1) is 19.0. The molecule has 0 radical (unpaired) electrons. The number of nitrogens with one attached hydrogen (secondary N) is 1. The summed E-state index contributed by atoms with van der Waals surface area (Å²) in [5.41, 5.74) is 4.39. The highest BCUT2D eigenvalue weighted by Crippen LogP contribution is 2.43. The number of benzene rings is 3. The van der Waals surface area contributed by atoms with E-state index in [1.807, 2.05) is 98.8 Å². The van der Waals surface area contributed by atoms with Gasteiger partial charge in [-0.05, 0) is 31.0 Å². The zero-order chi connectivity index (χ0) is 27.8. The maximum atomic E-state index is 13.4. The quantitative estimate of drug-likeness (QED) is 0.218. The van der Waals surface area contributed by atoms with Crippen molar-refractivity contribution in [2.24, 2.45) is 0 Å². The highest BCUT2D eigenvalue weighted by atomic mass is 32.2. The highest BCUT2D eigenvalue weighted by Gasteiger charge is 2.26. The minimum Gasteiger partial charge on any atom is -0.493 e. The molecular formula is C32H31N3O3S. The van der Waals surface area contributed by atoms with Gasteiger partial charge in [0.2, 0.25) is 5.91 Å². The molecule has 1 heterocycles. The second kappa shape index (κ2) is 13.0. The molecule has 1 N–H and O–H groups in total. The molecular weight excluding hydrogens is 506 g/mol. The van der Waals surface area contributed by atoms with Crippen molar-refractivity contribution in [3.05, 3.63) is 96.1 Å². The number of thioether (sulfide) groups is 1. The van der Waals surface area contributed by atoms with Crippen LogP contribution in [0.3, 0.4) is 0 Å². The predicted molar refractivity (Wildman–Crippen MR) is 156 cm³/mol. The first-order valence-corrected chi connectivity index (χ1v) is 13.6. The van der Waals surface area contributed by atoms with Crippen LogP contribution < -0.4 is 14.8 Å². The van der Waals surface area contributed by atoms with Gasteiger partial charge in [0.1, 0.15) is 11.1 Å². The number of amides is 1. The molecule has 0 fully saturated rings. The summed E-state index contributed by atoms with van der Waals surface area (Å²) in [6, 6.07) is 29.3. The molecule has 6 nitrogen and oxygen atoms in total. The second-order valence-corrected chi connectivity index (χ2v) is 10.1. The van der Waals surface area contributed by atoms with E-state index in [1.165, 1.54) is 11.8 Å². The largest absolute Gasteiger partial charge is 0.493 e. The lowest BCUT2D eigenvalue weighted by Gasteiger charge is -2.21. The van der Waals surface area contributed by atoms with E-state index in [4.69, 9.17) is 14.5 Å². The van der Waals surface area contributed by atoms with Gasteiger partial charge >= 0.3 is 0 Å². The van der Waals surface area contributed by atoms with Gasteiger partial charge in [0.15, 0.2) is 11.5 Å². The van der Waals surface area contributed by atoms with E-state index in [0.717, 1.165) is 11.1 Å². The first kappa shape index (κ1) is 27.7. The van der Waals surface area contributed by atoms with Crippen LogP contribution in [0, 0.1) is 11.3 Å². The third-order valence-electron chi connectivity index (χ3n) is 6.44. The number of ether oxygens (including phenoxy) is 2. The molecule has 198 valence electrons. The van der Waals surface area contributed by atoms with Crippen molar-refractivity contribution in [1.29, 1.82) is 5.26 Å². The summed E-state index contributed by atoms with van der Waals surface area (Å²) in [5.74, 6) is 0.987. The average molecular weight is 538 g/mol. The molecule has 0 saturated carbocycles. The number of aromatic nitrogens is 1. The first-order valence-electron chi connectivity index (χ1n) is 12.7. The number of nitrogens with zero attached hydrogens (tertiary/aromatic N) is 2. The second-order valence-electron chi connectivity index (χ2n) is 8.91. The van der Waals surface area contributed by atoms with Crippen LogP contribution in [0.5, 0.6) is 11.5 Å². The van der Waals surface area contributed by atoms with E-state index in [-0.39, 0.29) is 11.9 Å². The summed E-state index contributed by atoms with van der Waals surface area (Å²) in [6.07, 6.45) is 0.567.